The molecular weight excluding hydrogens is 182 g/mol. The van der Waals surface area contributed by atoms with E-state index in [-0.39, 0.29) is 0 Å². The first-order valence-corrected chi connectivity index (χ1v) is 6.08. The minimum atomic E-state index is 1.16. The number of rotatable bonds is 2. The van der Waals surface area contributed by atoms with Crippen LogP contribution in [0.15, 0.2) is 12.1 Å². The Labute approximate surface area is 93.1 Å². The number of hydrogen-bond donors (Lipinski definition) is 0. The summed E-state index contributed by atoms with van der Waals surface area (Å²) in [6.45, 7) is 10.4. The molecule has 1 heteroatoms. The molecule has 0 unspecified atom stereocenters. The Morgan fingerprint density at radius 3 is 2.73 bits per heavy atom. The summed E-state index contributed by atoms with van der Waals surface area (Å²) in [4.78, 5) is 2.54. The van der Waals surface area contributed by atoms with E-state index >= 15 is 0 Å². The van der Waals surface area contributed by atoms with Crippen LogP contribution in [0.3, 0.4) is 0 Å². The summed E-state index contributed by atoms with van der Waals surface area (Å²) in [5.74, 6) is 0. The first-order chi connectivity index (χ1) is 7.26. The van der Waals surface area contributed by atoms with E-state index < -0.39 is 0 Å². The van der Waals surface area contributed by atoms with E-state index in [4.69, 9.17) is 0 Å². The quantitative estimate of drug-likeness (QED) is 0.714. The highest BCUT2D eigenvalue weighted by atomic mass is 15.1. The molecule has 0 N–H and O–H groups in total. The van der Waals surface area contributed by atoms with E-state index in [1.807, 2.05) is 0 Å². The molecule has 0 saturated heterocycles. The summed E-state index contributed by atoms with van der Waals surface area (Å²) >= 11 is 0. The SMILES string of the molecule is CCc1ccc2c(c1C)CN(CC)CC2. The maximum absolute atomic E-state index is 2.54. The molecule has 0 amide bonds. The molecule has 82 valence electrons. The van der Waals surface area contributed by atoms with Gasteiger partial charge in [-0.25, -0.2) is 0 Å². The summed E-state index contributed by atoms with van der Waals surface area (Å²) in [7, 11) is 0. The highest BCUT2D eigenvalue weighted by molar-refractivity contribution is 5.41. The third-order valence-corrected chi connectivity index (χ3v) is 3.71. The fourth-order valence-corrected chi connectivity index (χ4v) is 2.55. The predicted molar refractivity (Wildman–Crippen MR) is 65.2 cm³/mol. The Hall–Kier alpha value is -0.820. The molecule has 1 heterocycles. The number of benzene rings is 1. The molecule has 1 aliphatic heterocycles. The Balaban J connectivity index is 2.37. The third-order valence-electron chi connectivity index (χ3n) is 3.71. The Bertz CT molecular complexity index is 355. The van der Waals surface area contributed by atoms with Gasteiger partial charge in [0.2, 0.25) is 0 Å². The number of nitrogens with zero attached hydrogens (tertiary/aromatic N) is 1. The lowest BCUT2D eigenvalue weighted by molar-refractivity contribution is 0.267. The lowest BCUT2D eigenvalue weighted by Crippen LogP contribution is -2.30. The van der Waals surface area contributed by atoms with Crippen LogP contribution < -0.4 is 0 Å². The molecule has 1 nitrogen and oxygen atoms in total. The van der Waals surface area contributed by atoms with Crippen LogP contribution in [0.25, 0.3) is 0 Å². The van der Waals surface area contributed by atoms with Crippen molar-refractivity contribution in [1.29, 1.82) is 0 Å². The summed E-state index contributed by atoms with van der Waals surface area (Å²) in [5.41, 5.74) is 6.23. The zero-order valence-electron chi connectivity index (χ0n) is 10.1. The van der Waals surface area contributed by atoms with Crippen LogP contribution in [0.1, 0.15) is 36.1 Å². The fraction of sp³-hybridized carbons (Fsp3) is 0.571. The highest BCUT2D eigenvalue weighted by Gasteiger charge is 2.17. The minimum absolute atomic E-state index is 1.16. The Morgan fingerprint density at radius 2 is 2.07 bits per heavy atom. The Kier molecular flexibility index (Phi) is 3.11. The third kappa shape index (κ3) is 1.93. The summed E-state index contributed by atoms with van der Waals surface area (Å²) in [6, 6.07) is 4.66. The van der Waals surface area contributed by atoms with Crippen LogP contribution >= 0.6 is 0 Å². The first kappa shape index (κ1) is 10.7. The van der Waals surface area contributed by atoms with Gasteiger partial charge in [0.05, 0.1) is 0 Å². The van der Waals surface area contributed by atoms with Gasteiger partial charge in [0.15, 0.2) is 0 Å². The van der Waals surface area contributed by atoms with Crippen molar-refractivity contribution in [1.82, 2.24) is 4.90 Å². The van der Waals surface area contributed by atoms with E-state index in [0.717, 1.165) is 13.0 Å². The topological polar surface area (TPSA) is 3.24 Å². The normalized spacial score (nSPS) is 16.5. The number of fused-ring (bicyclic) bond motifs is 1. The van der Waals surface area contributed by atoms with E-state index in [0.29, 0.717) is 0 Å². The van der Waals surface area contributed by atoms with Crippen LogP contribution in [0.4, 0.5) is 0 Å². The van der Waals surface area contributed by atoms with Gasteiger partial charge in [-0.05, 0) is 48.6 Å². The zero-order valence-corrected chi connectivity index (χ0v) is 10.1. The molecule has 0 radical (unpaired) electrons. The van der Waals surface area contributed by atoms with E-state index in [1.165, 1.54) is 30.6 Å². The average Bonchev–Trinajstić information content (AvgIpc) is 2.29. The molecule has 0 spiro atoms. The molecule has 1 aliphatic rings. The second-order valence-electron chi connectivity index (χ2n) is 4.46. The fourth-order valence-electron chi connectivity index (χ4n) is 2.55. The number of hydrogen-bond acceptors (Lipinski definition) is 1. The van der Waals surface area contributed by atoms with Crippen molar-refractivity contribution in [3.63, 3.8) is 0 Å². The lowest BCUT2D eigenvalue weighted by Gasteiger charge is -2.29. The molecular formula is C14H21N. The molecule has 0 atom stereocenters. The van der Waals surface area contributed by atoms with Crippen molar-refractivity contribution in [3.8, 4) is 0 Å². The molecule has 0 saturated carbocycles. The van der Waals surface area contributed by atoms with Crippen molar-refractivity contribution in [2.45, 2.75) is 40.2 Å². The largest absolute Gasteiger partial charge is 0.299 e. The minimum Gasteiger partial charge on any atom is -0.299 e. The molecule has 2 rings (SSSR count). The monoisotopic (exact) mass is 203 g/mol. The van der Waals surface area contributed by atoms with Crippen LogP contribution in [0, 0.1) is 6.92 Å². The van der Waals surface area contributed by atoms with Gasteiger partial charge in [0.1, 0.15) is 0 Å². The molecule has 0 bridgehead atoms. The van der Waals surface area contributed by atoms with E-state index in [9.17, 15) is 0 Å². The van der Waals surface area contributed by atoms with Crippen molar-refractivity contribution in [2.75, 3.05) is 13.1 Å². The molecule has 0 aliphatic carbocycles. The standard InChI is InChI=1S/C14H21N/c1-4-12-6-7-13-8-9-15(5-2)10-14(13)11(12)3/h6-7H,4-5,8-10H2,1-3H3. The molecule has 15 heavy (non-hydrogen) atoms. The predicted octanol–water partition coefficient (Wildman–Crippen LogP) is 2.94. The van der Waals surface area contributed by atoms with Gasteiger partial charge in [0, 0.05) is 13.1 Å². The van der Waals surface area contributed by atoms with Gasteiger partial charge >= 0.3 is 0 Å². The van der Waals surface area contributed by atoms with Crippen molar-refractivity contribution in [3.05, 3.63) is 34.4 Å². The highest BCUT2D eigenvalue weighted by Crippen LogP contribution is 2.25. The van der Waals surface area contributed by atoms with Gasteiger partial charge in [0.25, 0.3) is 0 Å². The zero-order chi connectivity index (χ0) is 10.8. The molecule has 0 fully saturated rings. The summed E-state index contributed by atoms with van der Waals surface area (Å²) in [6.07, 6.45) is 2.39. The van der Waals surface area contributed by atoms with Crippen LogP contribution in [-0.4, -0.2) is 18.0 Å². The van der Waals surface area contributed by atoms with Gasteiger partial charge in [-0.1, -0.05) is 26.0 Å². The summed E-state index contributed by atoms with van der Waals surface area (Å²) < 4.78 is 0. The average molecular weight is 203 g/mol. The number of aryl methyl sites for hydroxylation is 1. The van der Waals surface area contributed by atoms with Crippen molar-refractivity contribution >= 4 is 0 Å². The Morgan fingerprint density at radius 1 is 1.27 bits per heavy atom. The van der Waals surface area contributed by atoms with Crippen LogP contribution in [0.5, 0.6) is 0 Å². The maximum atomic E-state index is 2.54. The van der Waals surface area contributed by atoms with Crippen LogP contribution in [-0.2, 0) is 19.4 Å². The van der Waals surface area contributed by atoms with E-state index in [1.54, 1.807) is 11.1 Å². The smallest absolute Gasteiger partial charge is 0.0239 e. The molecule has 0 aromatic heterocycles. The van der Waals surface area contributed by atoms with Gasteiger partial charge in [-0.2, -0.15) is 0 Å². The second-order valence-corrected chi connectivity index (χ2v) is 4.46. The van der Waals surface area contributed by atoms with Crippen molar-refractivity contribution < 1.29 is 0 Å². The van der Waals surface area contributed by atoms with E-state index in [2.05, 4.69) is 37.8 Å². The van der Waals surface area contributed by atoms with Crippen LogP contribution in [0.2, 0.25) is 0 Å². The second kappa shape index (κ2) is 4.36. The number of likely N-dealkylation sites (N-methyl/N-ethyl adjacent to an activating group) is 1. The van der Waals surface area contributed by atoms with Crippen molar-refractivity contribution in [2.24, 2.45) is 0 Å². The van der Waals surface area contributed by atoms with Gasteiger partial charge in [-0.15, -0.1) is 0 Å². The lowest BCUT2D eigenvalue weighted by atomic mass is 9.91. The van der Waals surface area contributed by atoms with Gasteiger partial charge in [-0.3, -0.25) is 4.90 Å². The molecule has 1 aromatic rings. The maximum Gasteiger partial charge on any atom is 0.0239 e. The first-order valence-electron chi connectivity index (χ1n) is 6.08. The van der Waals surface area contributed by atoms with Gasteiger partial charge < -0.3 is 0 Å². The molecule has 1 aromatic carbocycles. The summed E-state index contributed by atoms with van der Waals surface area (Å²) in [5, 5.41) is 0.